The highest BCUT2D eigenvalue weighted by molar-refractivity contribution is 5.14. The van der Waals surface area contributed by atoms with E-state index in [4.69, 9.17) is 0 Å². The van der Waals surface area contributed by atoms with Gasteiger partial charge in [-0.1, -0.05) is 50.6 Å². The van der Waals surface area contributed by atoms with Crippen LogP contribution < -0.4 is 5.32 Å². The van der Waals surface area contributed by atoms with Gasteiger partial charge in [-0.15, -0.1) is 0 Å². The van der Waals surface area contributed by atoms with Gasteiger partial charge in [0.2, 0.25) is 0 Å². The van der Waals surface area contributed by atoms with E-state index in [0.717, 1.165) is 13.0 Å². The number of likely N-dealkylation sites (tertiary alicyclic amines) is 1. The molecule has 1 heterocycles. The third-order valence-electron chi connectivity index (χ3n) is 4.34. The molecule has 118 valence electrons. The Morgan fingerprint density at radius 1 is 1.24 bits per heavy atom. The summed E-state index contributed by atoms with van der Waals surface area (Å²) < 4.78 is 0. The number of benzene rings is 1. The number of hydrogen-bond donors (Lipinski definition) is 2. The van der Waals surface area contributed by atoms with Crippen molar-refractivity contribution in [1.29, 1.82) is 0 Å². The molecule has 1 aromatic carbocycles. The summed E-state index contributed by atoms with van der Waals surface area (Å²) in [4.78, 5) is 2.61. The molecular weight excluding hydrogens is 260 g/mol. The molecule has 1 aliphatic heterocycles. The van der Waals surface area contributed by atoms with Crippen molar-refractivity contribution in [3.05, 3.63) is 35.9 Å². The van der Waals surface area contributed by atoms with E-state index in [2.05, 4.69) is 54.4 Å². The maximum Gasteiger partial charge on any atom is 0.0446 e. The van der Waals surface area contributed by atoms with Crippen LogP contribution >= 0.6 is 0 Å². The maximum absolute atomic E-state index is 9.40. The van der Waals surface area contributed by atoms with Crippen molar-refractivity contribution in [3.8, 4) is 0 Å². The molecule has 21 heavy (non-hydrogen) atoms. The fourth-order valence-electron chi connectivity index (χ4n) is 3.44. The van der Waals surface area contributed by atoms with E-state index >= 15 is 0 Å². The zero-order valence-electron chi connectivity index (χ0n) is 13.5. The molecule has 0 aliphatic carbocycles. The van der Waals surface area contributed by atoms with Crippen LogP contribution in [0.5, 0.6) is 0 Å². The lowest BCUT2D eigenvalue weighted by Crippen LogP contribution is -2.53. The summed E-state index contributed by atoms with van der Waals surface area (Å²) in [7, 11) is 0. The van der Waals surface area contributed by atoms with Gasteiger partial charge in [-0.25, -0.2) is 0 Å². The number of nitrogens with one attached hydrogen (secondary N) is 1. The first-order valence-corrected chi connectivity index (χ1v) is 8.35. The van der Waals surface area contributed by atoms with Gasteiger partial charge in [-0.2, -0.15) is 0 Å². The molecule has 0 spiro atoms. The maximum atomic E-state index is 9.40. The van der Waals surface area contributed by atoms with Crippen LogP contribution in [0.25, 0.3) is 0 Å². The number of aliphatic hydroxyl groups is 1. The van der Waals surface area contributed by atoms with Crippen LogP contribution in [0.15, 0.2) is 30.3 Å². The fourth-order valence-corrected chi connectivity index (χ4v) is 3.44. The molecule has 2 N–H and O–H groups in total. The third kappa shape index (κ3) is 5.10. The molecule has 0 amide bonds. The van der Waals surface area contributed by atoms with Gasteiger partial charge in [0.25, 0.3) is 0 Å². The van der Waals surface area contributed by atoms with Crippen molar-refractivity contribution in [1.82, 2.24) is 10.2 Å². The van der Waals surface area contributed by atoms with Crippen LogP contribution in [-0.4, -0.2) is 41.3 Å². The average molecular weight is 290 g/mol. The molecule has 0 radical (unpaired) electrons. The van der Waals surface area contributed by atoms with Gasteiger partial charge in [0.05, 0.1) is 0 Å². The second-order valence-electron chi connectivity index (χ2n) is 6.46. The molecular formula is C18H30N2O. The average Bonchev–Trinajstić information content (AvgIpc) is 2.48. The molecule has 0 saturated carbocycles. The van der Waals surface area contributed by atoms with Crippen molar-refractivity contribution in [2.24, 2.45) is 0 Å². The van der Waals surface area contributed by atoms with E-state index in [0.29, 0.717) is 18.1 Å². The molecule has 2 atom stereocenters. The van der Waals surface area contributed by atoms with Gasteiger partial charge < -0.3 is 10.4 Å². The van der Waals surface area contributed by atoms with Gasteiger partial charge >= 0.3 is 0 Å². The summed E-state index contributed by atoms with van der Waals surface area (Å²) in [6, 6.07) is 12.1. The van der Waals surface area contributed by atoms with Gasteiger partial charge in [0.15, 0.2) is 0 Å². The molecule has 3 heteroatoms. The van der Waals surface area contributed by atoms with E-state index in [9.17, 15) is 5.11 Å². The Bertz CT molecular complexity index is 393. The molecule has 1 fully saturated rings. The molecule has 1 aromatic rings. The number of hydrogen-bond acceptors (Lipinski definition) is 3. The van der Waals surface area contributed by atoms with Gasteiger partial charge in [-0.3, -0.25) is 4.90 Å². The lowest BCUT2D eigenvalue weighted by molar-refractivity contribution is 0.0917. The first-order valence-electron chi connectivity index (χ1n) is 8.35. The quantitative estimate of drug-likeness (QED) is 0.810. The summed E-state index contributed by atoms with van der Waals surface area (Å²) in [6.45, 7) is 6.83. The summed E-state index contributed by atoms with van der Waals surface area (Å²) in [5.41, 5.74) is 1.39. The normalized spacial score (nSPS) is 21.6. The first kappa shape index (κ1) is 16.5. The highest BCUT2D eigenvalue weighted by Gasteiger charge is 2.29. The number of rotatable bonds is 7. The van der Waals surface area contributed by atoms with Crippen LogP contribution in [0, 0.1) is 0 Å². The number of piperidine rings is 1. The minimum absolute atomic E-state index is 0.264. The van der Waals surface area contributed by atoms with Crippen molar-refractivity contribution in [2.45, 2.75) is 64.2 Å². The third-order valence-corrected chi connectivity index (χ3v) is 4.34. The fraction of sp³-hybridized carbons (Fsp3) is 0.667. The molecule has 3 nitrogen and oxygen atoms in total. The lowest BCUT2D eigenvalue weighted by Gasteiger charge is -2.41. The summed E-state index contributed by atoms with van der Waals surface area (Å²) >= 11 is 0. The van der Waals surface area contributed by atoms with E-state index in [1.165, 1.54) is 31.4 Å². The van der Waals surface area contributed by atoms with E-state index < -0.39 is 0 Å². The smallest absolute Gasteiger partial charge is 0.0446 e. The first-order chi connectivity index (χ1) is 10.2. The highest BCUT2D eigenvalue weighted by atomic mass is 16.3. The number of aliphatic hydroxyl groups excluding tert-OH is 1. The van der Waals surface area contributed by atoms with Crippen LogP contribution in [-0.2, 0) is 6.54 Å². The summed E-state index contributed by atoms with van der Waals surface area (Å²) in [5.74, 6) is 0. The van der Waals surface area contributed by atoms with Crippen LogP contribution in [0.1, 0.15) is 45.1 Å². The Labute approximate surface area is 129 Å². The van der Waals surface area contributed by atoms with E-state index in [-0.39, 0.29) is 6.61 Å². The molecule has 0 aromatic heterocycles. The van der Waals surface area contributed by atoms with E-state index in [1.54, 1.807) is 0 Å². The Kier molecular flexibility index (Phi) is 6.68. The molecule has 1 aliphatic rings. The minimum atomic E-state index is 0.264. The summed E-state index contributed by atoms with van der Waals surface area (Å²) in [6.07, 6.45) is 4.67. The predicted molar refractivity (Wildman–Crippen MR) is 88.3 cm³/mol. The van der Waals surface area contributed by atoms with E-state index in [1.807, 2.05) is 0 Å². The molecule has 0 bridgehead atoms. The van der Waals surface area contributed by atoms with Crippen LogP contribution in [0.3, 0.4) is 0 Å². The zero-order chi connectivity index (χ0) is 15.1. The van der Waals surface area contributed by atoms with Gasteiger partial charge in [-0.05, 0) is 31.4 Å². The van der Waals surface area contributed by atoms with Crippen LogP contribution in [0.4, 0.5) is 0 Å². The Balaban J connectivity index is 2.05. The SMILES string of the molecule is CC(C)NC(CCO)C1CCCCN1Cc1ccccc1. The van der Waals surface area contributed by atoms with Crippen molar-refractivity contribution in [3.63, 3.8) is 0 Å². The Morgan fingerprint density at radius 3 is 2.67 bits per heavy atom. The molecule has 2 unspecified atom stereocenters. The second kappa shape index (κ2) is 8.52. The van der Waals surface area contributed by atoms with Gasteiger partial charge in [0, 0.05) is 31.3 Å². The predicted octanol–water partition coefficient (Wildman–Crippen LogP) is 2.79. The van der Waals surface area contributed by atoms with Crippen molar-refractivity contribution >= 4 is 0 Å². The van der Waals surface area contributed by atoms with Crippen molar-refractivity contribution in [2.75, 3.05) is 13.2 Å². The highest BCUT2D eigenvalue weighted by Crippen LogP contribution is 2.23. The van der Waals surface area contributed by atoms with Crippen LogP contribution in [0.2, 0.25) is 0 Å². The molecule has 1 saturated heterocycles. The minimum Gasteiger partial charge on any atom is -0.396 e. The van der Waals surface area contributed by atoms with Crippen molar-refractivity contribution < 1.29 is 5.11 Å². The second-order valence-corrected chi connectivity index (χ2v) is 6.46. The zero-order valence-corrected chi connectivity index (χ0v) is 13.5. The molecule has 2 rings (SSSR count). The monoisotopic (exact) mass is 290 g/mol. The Hall–Kier alpha value is -0.900. The topological polar surface area (TPSA) is 35.5 Å². The Morgan fingerprint density at radius 2 is 2.00 bits per heavy atom. The lowest BCUT2D eigenvalue weighted by atomic mass is 9.92. The summed E-state index contributed by atoms with van der Waals surface area (Å²) in [5, 5.41) is 13.1. The largest absolute Gasteiger partial charge is 0.396 e. The standard InChI is InChI=1S/C18H30N2O/c1-15(2)19-17(11-13-21)18-10-6-7-12-20(18)14-16-8-4-3-5-9-16/h3-5,8-9,15,17-19,21H,6-7,10-14H2,1-2H3. The number of nitrogens with zero attached hydrogens (tertiary/aromatic N) is 1. The van der Waals surface area contributed by atoms with Gasteiger partial charge in [0.1, 0.15) is 0 Å².